The van der Waals surface area contributed by atoms with Gasteiger partial charge in [0.1, 0.15) is 0 Å². The number of imide groups is 1. The third-order valence-electron chi connectivity index (χ3n) is 7.13. The highest BCUT2D eigenvalue weighted by Gasteiger charge is 2.37. The van der Waals surface area contributed by atoms with E-state index in [1.54, 1.807) is 54.9 Å². The third-order valence-corrected chi connectivity index (χ3v) is 7.36. The number of nitrogens with one attached hydrogen (secondary N) is 2. The van der Waals surface area contributed by atoms with Crippen molar-refractivity contribution in [3.8, 4) is 0 Å². The summed E-state index contributed by atoms with van der Waals surface area (Å²) in [5.41, 5.74) is 4.64. The summed E-state index contributed by atoms with van der Waals surface area (Å²) in [6.45, 7) is 0.411. The topological polar surface area (TPSA) is 128 Å². The van der Waals surface area contributed by atoms with Crippen molar-refractivity contribution in [1.29, 1.82) is 0 Å². The van der Waals surface area contributed by atoms with Crippen molar-refractivity contribution in [2.75, 3.05) is 18.4 Å². The van der Waals surface area contributed by atoms with Gasteiger partial charge >= 0.3 is 0 Å². The molecule has 0 bridgehead atoms. The standard InChI is InChI=1S/C30H24ClN5O4/c31-20-3-1-2-18(12-20)26(37)16-34-23-6-10-33-28(38)27(23)25-14-19-13-21-22(15-24(19)35-25)30(40)36(29(21)39)11-7-17-4-8-32-9-5-17/h1-6,8-10,12-13,15,26,37H,7,11,14,16H2,(H2,33,34,38)/t26-/m1/s1. The largest absolute Gasteiger partial charge is 0.387 e. The van der Waals surface area contributed by atoms with Crippen molar-refractivity contribution in [3.05, 3.63) is 122 Å². The molecule has 9 nitrogen and oxygen atoms in total. The molecule has 2 amide bonds. The first-order valence-electron chi connectivity index (χ1n) is 12.8. The van der Waals surface area contributed by atoms with Gasteiger partial charge in [0.15, 0.2) is 0 Å². The number of halogens is 1. The molecule has 0 saturated heterocycles. The van der Waals surface area contributed by atoms with Crippen LogP contribution < -0.4 is 10.9 Å². The fourth-order valence-corrected chi connectivity index (χ4v) is 5.27. The number of H-pyrrole nitrogens is 1. The maximum absolute atomic E-state index is 13.1. The van der Waals surface area contributed by atoms with Crippen LogP contribution in [0.15, 0.2) is 83.0 Å². The number of pyridine rings is 2. The van der Waals surface area contributed by atoms with Crippen LogP contribution in [0.1, 0.15) is 49.1 Å². The monoisotopic (exact) mass is 553 g/mol. The lowest BCUT2D eigenvalue weighted by atomic mass is 10.00. The third kappa shape index (κ3) is 4.81. The maximum atomic E-state index is 13.1. The van der Waals surface area contributed by atoms with Crippen molar-refractivity contribution in [3.63, 3.8) is 0 Å². The number of aromatic nitrogens is 2. The van der Waals surface area contributed by atoms with E-state index in [-0.39, 0.29) is 30.5 Å². The van der Waals surface area contributed by atoms with Crippen LogP contribution in [-0.2, 0) is 12.8 Å². The Morgan fingerprint density at radius 3 is 2.58 bits per heavy atom. The quantitative estimate of drug-likeness (QED) is 0.282. The second-order valence-corrected chi connectivity index (χ2v) is 10.1. The molecule has 40 heavy (non-hydrogen) atoms. The molecule has 0 radical (unpaired) electrons. The van der Waals surface area contributed by atoms with Gasteiger partial charge in [-0.1, -0.05) is 23.7 Å². The van der Waals surface area contributed by atoms with Gasteiger partial charge in [-0.15, -0.1) is 0 Å². The highest BCUT2D eigenvalue weighted by molar-refractivity contribution is 6.30. The molecular formula is C30H24ClN5O4. The minimum atomic E-state index is -0.852. The number of hydrogen-bond donors (Lipinski definition) is 3. The maximum Gasteiger partial charge on any atom is 0.261 e. The molecule has 2 aliphatic rings. The molecule has 0 spiro atoms. The number of anilines is 1. The lowest BCUT2D eigenvalue weighted by Gasteiger charge is -2.15. The summed E-state index contributed by atoms with van der Waals surface area (Å²) in [4.78, 5) is 51.8. The van der Waals surface area contributed by atoms with Gasteiger partial charge < -0.3 is 15.4 Å². The van der Waals surface area contributed by atoms with E-state index in [2.05, 4.69) is 20.3 Å². The van der Waals surface area contributed by atoms with E-state index in [4.69, 9.17) is 11.6 Å². The van der Waals surface area contributed by atoms with Gasteiger partial charge in [0.05, 0.1) is 39.9 Å². The van der Waals surface area contributed by atoms with Gasteiger partial charge in [0, 0.05) is 43.1 Å². The Morgan fingerprint density at radius 1 is 1.02 bits per heavy atom. The highest BCUT2D eigenvalue weighted by atomic mass is 35.5. The predicted octanol–water partition coefficient (Wildman–Crippen LogP) is 4.08. The fourth-order valence-electron chi connectivity index (χ4n) is 5.07. The Kier molecular flexibility index (Phi) is 6.75. The number of fused-ring (bicyclic) bond motifs is 2. The van der Waals surface area contributed by atoms with Crippen LogP contribution in [-0.4, -0.2) is 50.6 Å². The normalized spacial score (nSPS) is 14.7. The van der Waals surface area contributed by atoms with Crippen molar-refractivity contribution >= 4 is 40.5 Å². The summed E-state index contributed by atoms with van der Waals surface area (Å²) in [6, 6.07) is 15.7. The number of nitrogens with zero attached hydrogens (tertiary/aromatic N) is 3. The van der Waals surface area contributed by atoms with Gasteiger partial charge in [-0.05, 0) is 65.6 Å². The van der Waals surface area contributed by atoms with Crippen molar-refractivity contribution in [2.45, 2.75) is 18.9 Å². The Bertz CT molecular complexity index is 1730. The molecule has 0 saturated carbocycles. The summed E-state index contributed by atoms with van der Waals surface area (Å²) < 4.78 is 0. The summed E-state index contributed by atoms with van der Waals surface area (Å²) in [6.07, 6.45) is 4.88. The number of aromatic amines is 1. The van der Waals surface area contributed by atoms with Gasteiger partial charge in [-0.25, -0.2) is 0 Å². The average Bonchev–Trinajstić information content (AvgIpc) is 3.47. The molecule has 4 aromatic rings. The van der Waals surface area contributed by atoms with E-state index in [9.17, 15) is 19.5 Å². The number of aliphatic hydroxyl groups excluding tert-OH is 1. The Labute approximate surface area is 234 Å². The molecule has 10 heteroatoms. The first kappa shape index (κ1) is 25.7. The van der Waals surface area contributed by atoms with Crippen LogP contribution in [0.2, 0.25) is 5.02 Å². The first-order chi connectivity index (χ1) is 19.4. The molecular weight excluding hydrogens is 530 g/mol. The average molecular weight is 554 g/mol. The number of aliphatic hydroxyl groups is 1. The Morgan fingerprint density at radius 2 is 1.80 bits per heavy atom. The number of aliphatic imine (C=N–C) groups is 1. The first-order valence-corrected chi connectivity index (χ1v) is 13.2. The number of hydrogen-bond acceptors (Lipinski definition) is 7. The molecule has 1 atom stereocenters. The number of benzene rings is 2. The summed E-state index contributed by atoms with van der Waals surface area (Å²) in [5, 5.41) is 14.3. The predicted molar refractivity (Wildman–Crippen MR) is 152 cm³/mol. The Hall–Kier alpha value is -4.60. The van der Waals surface area contributed by atoms with Crippen LogP contribution >= 0.6 is 11.6 Å². The van der Waals surface area contributed by atoms with E-state index < -0.39 is 6.10 Å². The molecule has 2 aromatic heterocycles. The zero-order chi connectivity index (χ0) is 27.8. The van der Waals surface area contributed by atoms with E-state index in [0.717, 1.165) is 11.1 Å². The van der Waals surface area contributed by atoms with Crippen LogP contribution in [0, 0.1) is 0 Å². The lowest BCUT2D eigenvalue weighted by Crippen LogP contribution is -2.31. The molecule has 4 heterocycles. The molecule has 6 rings (SSSR count). The number of carbonyl (C=O) groups is 2. The number of amides is 2. The number of carbonyl (C=O) groups excluding carboxylic acids is 2. The molecule has 2 aromatic carbocycles. The van der Waals surface area contributed by atoms with Crippen LogP contribution in [0.3, 0.4) is 0 Å². The van der Waals surface area contributed by atoms with Gasteiger partial charge in [0.25, 0.3) is 17.4 Å². The highest BCUT2D eigenvalue weighted by Crippen LogP contribution is 2.36. The minimum Gasteiger partial charge on any atom is -0.387 e. The van der Waals surface area contributed by atoms with Gasteiger partial charge in [0.2, 0.25) is 0 Å². The zero-order valence-electron chi connectivity index (χ0n) is 21.2. The summed E-state index contributed by atoms with van der Waals surface area (Å²) >= 11 is 6.05. The Balaban J connectivity index is 1.22. The zero-order valence-corrected chi connectivity index (χ0v) is 22.0. The summed E-state index contributed by atoms with van der Waals surface area (Å²) in [5.74, 6) is -0.685. The van der Waals surface area contributed by atoms with Crippen molar-refractivity contribution in [2.24, 2.45) is 4.99 Å². The molecule has 0 fully saturated rings. The van der Waals surface area contributed by atoms with Crippen LogP contribution in [0.4, 0.5) is 11.4 Å². The molecule has 3 N–H and O–H groups in total. The summed E-state index contributed by atoms with van der Waals surface area (Å²) in [7, 11) is 0. The molecule has 200 valence electrons. The second-order valence-electron chi connectivity index (χ2n) is 9.68. The fraction of sp³-hybridized carbons (Fsp3) is 0.167. The van der Waals surface area contributed by atoms with E-state index in [1.165, 1.54) is 11.1 Å². The van der Waals surface area contributed by atoms with Crippen molar-refractivity contribution in [1.82, 2.24) is 14.9 Å². The van der Waals surface area contributed by atoms with Gasteiger partial charge in [-0.2, -0.15) is 0 Å². The lowest BCUT2D eigenvalue weighted by molar-refractivity contribution is 0.0656. The van der Waals surface area contributed by atoms with E-state index in [0.29, 0.717) is 57.2 Å². The van der Waals surface area contributed by atoms with E-state index >= 15 is 0 Å². The SMILES string of the molecule is O=C1c2cc3c(cc2C(=O)N1CCc1ccncc1)N=C(c1c(NC[C@@H](O)c2cccc(Cl)c2)cc[nH]c1=O)C3. The number of rotatable bonds is 8. The van der Waals surface area contributed by atoms with Crippen LogP contribution in [0.5, 0.6) is 0 Å². The molecule has 0 aliphatic carbocycles. The minimum absolute atomic E-state index is 0.143. The van der Waals surface area contributed by atoms with Crippen molar-refractivity contribution < 1.29 is 14.7 Å². The molecule has 2 aliphatic heterocycles. The second kappa shape index (κ2) is 10.5. The smallest absolute Gasteiger partial charge is 0.261 e. The van der Waals surface area contributed by atoms with E-state index in [1.807, 2.05) is 12.1 Å². The van der Waals surface area contributed by atoms with Crippen LogP contribution in [0.25, 0.3) is 0 Å². The molecule has 0 unspecified atom stereocenters. The van der Waals surface area contributed by atoms with Gasteiger partial charge in [-0.3, -0.25) is 29.3 Å².